The summed E-state index contributed by atoms with van der Waals surface area (Å²) in [5.74, 6) is 0. The molecule has 0 aliphatic rings. The van der Waals surface area contributed by atoms with Gasteiger partial charge in [-0.3, -0.25) is 0 Å². The molecule has 82 valence electrons. The van der Waals surface area contributed by atoms with Gasteiger partial charge in [-0.25, -0.2) is 0 Å². The average Bonchev–Trinajstić information content (AvgIpc) is 2.21. The topological polar surface area (TPSA) is 17.1 Å². The molecular formula is C13H24O. The van der Waals surface area contributed by atoms with Crippen LogP contribution in [0.5, 0.6) is 0 Å². The molecule has 0 saturated carbocycles. The van der Waals surface area contributed by atoms with Gasteiger partial charge in [-0.1, -0.05) is 44.8 Å². The summed E-state index contributed by atoms with van der Waals surface area (Å²) in [5, 5.41) is 0. The minimum atomic E-state index is 0.746. The summed E-state index contributed by atoms with van der Waals surface area (Å²) >= 11 is 0. The van der Waals surface area contributed by atoms with Gasteiger partial charge in [0.2, 0.25) is 0 Å². The third kappa shape index (κ3) is 11.4. The maximum absolute atomic E-state index is 10.0. The molecule has 0 radical (unpaired) electrons. The molecule has 0 aliphatic carbocycles. The van der Waals surface area contributed by atoms with Crippen LogP contribution in [0, 0.1) is 0 Å². The highest BCUT2D eigenvalue weighted by molar-refractivity contribution is 5.48. The maximum atomic E-state index is 10.0. The lowest BCUT2D eigenvalue weighted by Crippen LogP contribution is -1.80. The van der Waals surface area contributed by atoms with Gasteiger partial charge in [0.15, 0.2) is 0 Å². The zero-order chi connectivity index (χ0) is 10.5. The minimum Gasteiger partial charge on any atom is -0.303 e. The van der Waals surface area contributed by atoms with E-state index < -0.39 is 0 Å². The normalized spacial score (nSPS) is 10.9. The van der Waals surface area contributed by atoms with Crippen molar-refractivity contribution in [2.24, 2.45) is 0 Å². The maximum Gasteiger partial charge on any atom is 0.119 e. The first-order valence-corrected chi connectivity index (χ1v) is 6.00. The lowest BCUT2D eigenvalue weighted by molar-refractivity contribution is -0.107. The molecule has 0 aliphatic heterocycles. The minimum absolute atomic E-state index is 0.746. The van der Waals surface area contributed by atoms with Crippen LogP contribution < -0.4 is 0 Å². The van der Waals surface area contributed by atoms with E-state index in [1.54, 1.807) is 0 Å². The van der Waals surface area contributed by atoms with Crippen molar-refractivity contribution in [1.29, 1.82) is 0 Å². The van der Waals surface area contributed by atoms with Crippen LogP contribution in [0.2, 0.25) is 0 Å². The van der Waals surface area contributed by atoms with E-state index in [9.17, 15) is 4.79 Å². The molecule has 0 heterocycles. The highest BCUT2D eigenvalue weighted by Crippen LogP contribution is 2.07. The van der Waals surface area contributed by atoms with Crippen LogP contribution in [0.1, 0.15) is 64.7 Å². The summed E-state index contributed by atoms with van der Waals surface area (Å²) in [4.78, 5) is 10.0. The zero-order valence-electron chi connectivity index (χ0n) is 9.50. The van der Waals surface area contributed by atoms with E-state index in [2.05, 4.69) is 19.1 Å². The van der Waals surface area contributed by atoms with Crippen molar-refractivity contribution < 1.29 is 4.79 Å². The highest BCUT2D eigenvalue weighted by Gasteiger charge is 1.89. The molecule has 1 nitrogen and oxygen atoms in total. The molecule has 0 rings (SSSR count). The standard InChI is InChI=1S/C13H24O/c1-2-3-4-5-6-7-8-9-10-11-12-13-14/h4-5,13H,2-3,6-12H2,1H3/b5-4-. The second kappa shape index (κ2) is 12.4. The second-order valence-corrected chi connectivity index (χ2v) is 3.77. The van der Waals surface area contributed by atoms with Crippen molar-refractivity contribution in [2.45, 2.75) is 64.7 Å². The summed E-state index contributed by atoms with van der Waals surface area (Å²) in [7, 11) is 0. The molecular weight excluding hydrogens is 172 g/mol. The van der Waals surface area contributed by atoms with E-state index in [-0.39, 0.29) is 0 Å². The molecule has 0 aromatic carbocycles. The lowest BCUT2D eigenvalue weighted by atomic mass is 10.1. The van der Waals surface area contributed by atoms with Gasteiger partial charge in [0.05, 0.1) is 0 Å². The Balaban J connectivity index is 2.95. The number of carbonyl (C=O) groups excluding carboxylic acids is 1. The molecule has 0 unspecified atom stereocenters. The Morgan fingerprint density at radius 2 is 1.36 bits per heavy atom. The number of hydrogen-bond donors (Lipinski definition) is 0. The molecule has 0 aromatic heterocycles. The third-order valence-electron chi connectivity index (χ3n) is 2.31. The van der Waals surface area contributed by atoms with Crippen LogP contribution in [0.3, 0.4) is 0 Å². The summed E-state index contributed by atoms with van der Waals surface area (Å²) in [6, 6.07) is 0. The van der Waals surface area contributed by atoms with Gasteiger partial charge in [0.25, 0.3) is 0 Å². The smallest absolute Gasteiger partial charge is 0.119 e. The van der Waals surface area contributed by atoms with Crippen molar-refractivity contribution in [2.75, 3.05) is 0 Å². The van der Waals surface area contributed by atoms with Crippen LogP contribution in [-0.2, 0) is 4.79 Å². The first kappa shape index (κ1) is 13.4. The first-order chi connectivity index (χ1) is 6.91. The Labute approximate surface area is 88.6 Å². The molecule has 0 atom stereocenters. The van der Waals surface area contributed by atoms with Gasteiger partial charge < -0.3 is 4.79 Å². The summed E-state index contributed by atoms with van der Waals surface area (Å²) in [6.07, 6.45) is 16.3. The number of carbonyl (C=O) groups is 1. The fourth-order valence-electron chi connectivity index (χ4n) is 1.42. The summed E-state index contributed by atoms with van der Waals surface area (Å²) in [5.41, 5.74) is 0. The number of allylic oxidation sites excluding steroid dienone is 2. The number of aldehydes is 1. The van der Waals surface area contributed by atoms with Gasteiger partial charge in [-0.05, 0) is 25.7 Å². The van der Waals surface area contributed by atoms with E-state index in [0.717, 1.165) is 19.1 Å². The van der Waals surface area contributed by atoms with Crippen molar-refractivity contribution in [3.05, 3.63) is 12.2 Å². The first-order valence-electron chi connectivity index (χ1n) is 6.00. The Hall–Kier alpha value is -0.590. The molecule has 1 heteroatoms. The van der Waals surface area contributed by atoms with Crippen LogP contribution in [-0.4, -0.2) is 6.29 Å². The quantitative estimate of drug-likeness (QED) is 0.290. The number of unbranched alkanes of at least 4 members (excludes halogenated alkanes) is 7. The Bertz CT molecular complexity index is 138. The third-order valence-corrected chi connectivity index (χ3v) is 2.31. The van der Waals surface area contributed by atoms with Gasteiger partial charge >= 0.3 is 0 Å². The van der Waals surface area contributed by atoms with Crippen LogP contribution in [0.25, 0.3) is 0 Å². The van der Waals surface area contributed by atoms with Gasteiger partial charge in [-0.2, -0.15) is 0 Å². The SMILES string of the molecule is CCC/C=C\CCCCCCCC=O. The Morgan fingerprint density at radius 3 is 2.00 bits per heavy atom. The van der Waals surface area contributed by atoms with E-state index in [1.807, 2.05) is 0 Å². The van der Waals surface area contributed by atoms with Gasteiger partial charge in [0, 0.05) is 6.42 Å². The molecule has 14 heavy (non-hydrogen) atoms. The second-order valence-electron chi connectivity index (χ2n) is 3.77. The molecule has 0 fully saturated rings. The fraction of sp³-hybridized carbons (Fsp3) is 0.769. The molecule has 0 saturated heterocycles. The van der Waals surface area contributed by atoms with Crippen LogP contribution in [0.15, 0.2) is 12.2 Å². The number of rotatable bonds is 10. The van der Waals surface area contributed by atoms with E-state index in [4.69, 9.17) is 0 Å². The highest BCUT2D eigenvalue weighted by atomic mass is 16.1. The monoisotopic (exact) mass is 196 g/mol. The van der Waals surface area contributed by atoms with Gasteiger partial charge in [0.1, 0.15) is 6.29 Å². The van der Waals surface area contributed by atoms with Crippen molar-refractivity contribution in [1.82, 2.24) is 0 Å². The van der Waals surface area contributed by atoms with Crippen molar-refractivity contribution in [3.63, 3.8) is 0 Å². The van der Waals surface area contributed by atoms with Crippen molar-refractivity contribution in [3.8, 4) is 0 Å². The molecule has 0 aromatic rings. The summed E-state index contributed by atoms with van der Waals surface area (Å²) in [6.45, 7) is 2.21. The molecule has 0 spiro atoms. The van der Waals surface area contributed by atoms with Crippen LogP contribution >= 0.6 is 0 Å². The average molecular weight is 196 g/mol. The van der Waals surface area contributed by atoms with E-state index >= 15 is 0 Å². The van der Waals surface area contributed by atoms with Crippen LogP contribution in [0.4, 0.5) is 0 Å². The molecule has 0 bridgehead atoms. The number of hydrogen-bond acceptors (Lipinski definition) is 1. The van der Waals surface area contributed by atoms with E-state index in [1.165, 1.54) is 44.9 Å². The molecule has 0 N–H and O–H groups in total. The Kier molecular flexibility index (Phi) is 11.9. The van der Waals surface area contributed by atoms with Gasteiger partial charge in [-0.15, -0.1) is 0 Å². The lowest BCUT2D eigenvalue weighted by Gasteiger charge is -1.97. The predicted molar refractivity (Wildman–Crippen MR) is 62.4 cm³/mol. The molecule has 0 amide bonds. The van der Waals surface area contributed by atoms with Crippen molar-refractivity contribution >= 4 is 6.29 Å². The predicted octanol–water partition coefficient (Wildman–Crippen LogP) is 4.27. The zero-order valence-corrected chi connectivity index (χ0v) is 9.50. The fourth-order valence-corrected chi connectivity index (χ4v) is 1.42. The largest absolute Gasteiger partial charge is 0.303 e. The van der Waals surface area contributed by atoms with E-state index in [0.29, 0.717) is 0 Å². The summed E-state index contributed by atoms with van der Waals surface area (Å²) < 4.78 is 0. The Morgan fingerprint density at radius 1 is 0.786 bits per heavy atom.